The summed E-state index contributed by atoms with van der Waals surface area (Å²) in [6.07, 6.45) is 1.03. The van der Waals surface area contributed by atoms with E-state index in [4.69, 9.17) is 0 Å². The molecule has 0 unspecified atom stereocenters. The molecule has 0 N–H and O–H groups in total. The minimum atomic E-state index is 0.189. The second kappa shape index (κ2) is 3.22. The van der Waals surface area contributed by atoms with Crippen LogP contribution in [0.4, 0.5) is 0 Å². The number of nitrogens with zero attached hydrogens (tertiary/aromatic N) is 1. The molecule has 0 saturated carbocycles. The van der Waals surface area contributed by atoms with Crippen LogP contribution in [0, 0.1) is 13.8 Å². The molecule has 0 aliphatic heterocycles. The van der Waals surface area contributed by atoms with Crippen molar-refractivity contribution in [3.8, 4) is 0 Å². The molecule has 1 rings (SSSR count). The maximum Gasteiger partial charge on any atom is 0.263 e. The van der Waals surface area contributed by atoms with Crippen molar-refractivity contribution in [2.75, 3.05) is 0 Å². The summed E-state index contributed by atoms with van der Waals surface area (Å²) in [5.41, 5.74) is 1.10. The average Bonchev–Trinajstić information content (AvgIpc) is 2.19. The van der Waals surface area contributed by atoms with E-state index in [1.54, 1.807) is 11.5 Å². The highest BCUT2D eigenvalue weighted by Gasteiger charge is 2.05. The maximum atomic E-state index is 11.4. The van der Waals surface area contributed by atoms with Crippen LogP contribution < -0.4 is 5.56 Å². The Kier molecular flexibility index (Phi) is 2.49. The summed E-state index contributed by atoms with van der Waals surface area (Å²) in [6.45, 7) is 6.82. The molecule has 0 aliphatic rings. The number of aromatic nitrogens is 1. The van der Waals surface area contributed by atoms with Crippen molar-refractivity contribution in [1.29, 1.82) is 0 Å². The number of hydrogen-bond donors (Lipinski definition) is 0. The number of rotatable bonds is 2. The normalized spacial score (nSPS) is 10.5. The van der Waals surface area contributed by atoms with Crippen LogP contribution >= 0.6 is 11.5 Å². The Morgan fingerprint density at radius 3 is 2.45 bits per heavy atom. The standard InChI is InChI=1S/C8H13NOS/c1-4-5-9-8(10)6(2)7(3)11-9/h4-5H2,1-3H3. The van der Waals surface area contributed by atoms with Crippen LogP contribution in [0.1, 0.15) is 23.8 Å². The van der Waals surface area contributed by atoms with E-state index in [0.717, 1.165) is 23.4 Å². The lowest BCUT2D eigenvalue weighted by atomic mass is 10.3. The van der Waals surface area contributed by atoms with Crippen molar-refractivity contribution >= 4 is 11.5 Å². The highest BCUT2D eigenvalue weighted by atomic mass is 32.1. The van der Waals surface area contributed by atoms with Crippen LogP contribution in [0.2, 0.25) is 0 Å². The summed E-state index contributed by atoms with van der Waals surface area (Å²) >= 11 is 1.57. The molecule has 0 radical (unpaired) electrons. The van der Waals surface area contributed by atoms with Gasteiger partial charge in [0.25, 0.3) is 5.56 Å². The van der Waals surface area contributed by atoms with Gasteiger partial charge in [0.2, 0.25) is 0 Å². The van der Waals surface area contributed by atoms with Gasteiger partial charge in [0, 0.05) is 17.0 Å². The third-order valence-corrected chi connectivity index (χ3v) is 2.90. The van der Waals surface area contributed by atoms with E-state index in [1.807, 2.05) is 17.8 Å². The summed E-state index contributed by atoms with van der Waals surface area (Å²) in [7, 11) is 0. The third kappa shape index (κ3) is 1.53. The molecule has 3 heteroatoms. The summed E-state index contributed by atoms with van der Waals surface area (Å²) < 4.78 is 1.82. The third-order valence-electron chi connectivity index (χ3n) is 1.75. The van der Waals surface area contributed by atoms with Gasteiger partial charge >= 0.3 is 0 Å². The fraction of sp³-hybridized carbons (Fsp3) is 0.625. The van der Waals surface area contributed by atoms with Crippen LogP contribution in [0.3, 0.4) is 0 Å². The molecule has 0 bridgehead atoms. The van der Waals surface area contributed by atoms with Crippen LogP contribution in [-0.2, 0) is 6.54 Å². The molecular weight excluding hydrogens is 158 g/mol. The Labute approximate surface area is 70.6 Å². The van der Waals surface area contributed by atoms with Crippen molar-refractivity contribution in [2.45, 2.75) is 33.7 Å². The lowest BCUT2D eigenvalue weighted by Crippen LogP contribution is -2.14. The molecule has 0 spiro atoms. The molecule has 0 saturated heterocycles. The van der Waals surface area contributed by atoms with Crippen molar-refractivity contribution in [3.63, 3.8) is 0 Å². The van der Waals surface area contributed by atoms with Crippen LogP contribution in [0.15, 0.2) is 4.79 Å². The predicted molar refractivity (Wildman–Crippen MR) is 48.3 cm³/mol. The van der Waals surface area contributed by atoms with Crippen LogP contribution in [-0.4, -0.2) is 3.96 Å². The molecule has 0 aromatic carbocycles. The molecule has 11 heavy (non-hydrogen) atoms. The summed E-state index contributed by atoms with van der Waals surface area (Å²) in [6, 6.07) is 0. The Bertz CT molecular complexity index is 298. The second-order valence-corrected chi connectivity index (χ2v) is 3.92. The van der Waals surface area contributed by atoms with Crippen LogP contribution in [0.25, 0.3) is 0 Å². The first kappa shape index (κ1) is 8.53. The zero-order valence-electron chi connectivity index (χ0n) is 7.18. The Morgan fingerprint density at radius 2 is 2.09 bits per heavy atom. The van der Waals surface area contributed by atoms with Crippen molar-refractivity contribution < 1.29 is 0 Å². The zero-order chi connectivity index (χ0) is 8.43. The number of aryl methyl sites for hydroxylation is 2. The molecule has 0 aliphatic carbocycles. The molecule has 2 nitrogen and oxygen atoms in total. The molecule has 1 heterocycles. The predicted octanol–water partition coefficient (Wildman–Crippen LogP) is 1.94. The van der Waals surface area contributed by atoms with Crippen molar-refractivity contribution in [3.05, 3.63) is 20.8 Å². The summed E-state index contributed by atoms with van der Waals surface area (Å²) in [5, 5.41) is 0. The molecule has 0 atom stereocenters. The van der Waals surface area contributed by atoms with Gasteiger partial charge in [-0.1, -0.05) is 18.5 Å². The van der Waals surface area contributed by atoms with Gasteiger partial charge in [0.15, 0.2) is 0 Å². The van der Waals surface area contributed by atoms with E-state index >= 15 is 0 Å². The van der Waals surface area contributed by atoms with Crippen molar-refractivity contribution in [1.82, 2.24) is 3.96 Å². The van der Waals surface area contributed by atoms with E-state index in [1.165, 1.54) is 0 Å². The fourth-order valence-corrected chi connectivity index (χ4v) is 2.01. The Morgan fingerprint density at radius 1 is 1.45 bits per heavy atom. The van der Waals surface area contributed by atoms with E-state index in [2.05, 4.69) is 6.92 Å². The highest BCUT2D eigenvalue weighted by molar-refractivity contribution is 7.06. The Balaban J connectivity index is 3.09. The SMILES string of the molecule is CCCn1sc(C)c(C)c1=O. The molecule has 1 aromatic heterocycles. The topological polar surface area (TPSA) is 22.0 Å². The maximum absolute atomic E-state index is 11.4. The van der Waals surface area contributed by atoms with Gasteiger partial charge in [0.1, 0.15) is 0 Å². The minimum Gasteiger partial charge on any atom is -0.268 e. The molecule has 0 amide bonds. The van der Waals surface area contributed by atoms with E-state index < -0.39 is 0 Å². The van der Waals surface area contributed by atoms with Crippen molar-refractivity contribution in [2.24, 2.45) is 0 Å². The summed E-state index contributed by atoms with van der Waals surface area (Å²) in [5.74, 6) is 0. The first-order valence-corrected chi connectivity index (χ1v) is 4.61. The largest absolute Gasteiger partial charge is 0.268 e. The quantitative estimate of drug-likeness (QED) is 0.666. The highest BCUT2D eigenvalue weighted by Crippen LogP contribution is 2.09. The second-order valence-electron chi connectivity index (χ2n) is 2.68. The molecular formula is C8H13NOS. The lowest BCUT2D eigenvalue weighted by molar-refractivity contribution is 0.711. The van der Waals surface area contributed by atoms with Gasteiger partial charge in [-0.05, 0) is 20.3 Å². The lowest BCUT2D eigenvalue weighted by Gasteiger charge is -1.92. The van der Waals surface area contributed by atoms with Gasteiger partial charge in [-0.15, -0.1) is 0 Å². The van der Waals surface area contributed by atoms with E-state index in [-0.39, 0.29) is 5.56 Å². The fourth-order valence-electron chi connectivity index (χ4n) is 0.963. The van der Waals surface area contributed by atoms with E-state index in [0.29, 0.717) is 0 Å². The van der Waals surface area contributed by atoms with Gasteiger partial charge in [0.05, 0.1) is 0 Å². The minimum absolute atomic E-state index is 0.189. The molecule has 62 valence electrons. The average molecular weight is 171 g/mol. The number of hydrogen-bond acceptors (Lipinski definition) is 2. The van der Waals surface area contributed by atoms with E-state index in [9.17, 15) is 4.79 Å². The Hall–Kier alpha value is -0.570. The van der Waals surface area contributed by atoms with Gasteiger partial charge in [-0.2, -0.15) is 0 Å². The monoisotopic (exact) mass is 171 g/mol. The van der Waals surface area contributed by atoms with Crippen LogP contribution in [0.5, 0.6) is 0 Å². The van der Waals surface area contributed by atoms with Gasteiger partial charge in [-0.3, -0.25) is 8.75 Å². The molecule has 1 aromatic rings. The van der Waals surface area contributed by atoms with Gasteiger partial charge < -0.3 is 0 Å². The van der Waals surface area contributed by atoms with Gasteiger partial charge in [-0.25, -0.2) is 0 Å². The summed E-state index contributed by atoms with van der Waals surface area (Å²) in [4.78, 5) is 12.5. The first-order valence-electron chi connectivity index (χ1n) is 3.84. The zero-order valence-corrected chi connectivity index (χ0v) is 7.99. The smallest absolute Gasteiger partial charge is 0.263 e. The molecule has 0 fully saturated rings. The first-order chi connectivity index (χ1) is 5.16.